The van der Waals surface area contributed by atoms with E-state index >= 15 is 0 Å². The number of hydrogen-bond acceptors (Lipinski definition) is 3. The summed E-state index contributed by atoms with van der Waals surface area (Å²) < 4.78 is 0. The molecule has 1 saturated carbocycles. The van der Waals surface area contributed by atoms with Crippen LogP contribution in [0.1, 0.15) is 24.4 Å². The highest BCUT2D eigenvalue weighted by Crippen LogP contribution is 2.45. The van der Waals surface area contributed by atoms with Crippen LogP contribution in [0.15, 0.2) is 12.3 Å². The van der Waals surface area contributed by atoms with Gasteiger partial charge in [-0.2, -0.15) is 0 Å². The Morgan fingerprint density at radius 2 is 2.38 bits per heavy atom. The van der Waals surface area contributed by atoms with Crippen LogP contribution in [0, 0.1) is 12.3 Å². The fourth-order valence-corrected chi connectivity index (χ4v) is 1.40. The first-order valence-electron chi connectivity index (χ1n) is 4.49. The van der Waals surface area contributed by atoms with Crippen molar-refractivity contribution in [3.8, 4) is 0 Å². The minimum atomic E-state index is -0.117. The maximum atomic E-state index is 10.7. The molecule has 0 N–H and O–H groups in total. The van der Waals surface area contributed by atoms with Crippen LogP contribution in [-0.4, -0.2) is 16.3 Å². The fourth-order valence-electron chi connectivity index (χ4n) is 1.40. The predicted octanol–water partition coefficient (Wildman–Crippen LogP) is 1.31. The van der Waals surface area contributed by atoms with Gasteiger partial charge in [0.25, 0.3) is 0 Å². The Morgan fingerprint density at radius 3 is 2.92 bits per heavy atom. The lowest BCUT2D eigenvalue weighted by Gasteiger charge is -2.04. The molecule has 0 unspecified atom stereocenters. The van der Waals surface area contributed by atoms with Crippen molar-refractivity contribution < 1.29 is 4.79 Å². The third kappa shape index (κ3) is 1.74. The summed E-state index contributed by atoms with van der Waals surface area (Å²) in [5.74, 6) is 0.796. The zero-order valence-corrected chi connectivity index (χ0v) is 7.66. The second-order valence-electron chi connectivity index (χ2n) is 3.77. The number of rotatable bonds is 3. The second-order valence-corrected chi connectivity index (χ2v) is 3.77. The van der Waals surface area contributed by atoms with Gasteiger partial charge in [0.15, 0.2) is 0 Å². The lowest BCUT2D eigenvalue weighted by Crippen LogP contribution is -2.09. The first-order valence-corrected chi connectivity index (χ1v) is 4.49. The van der Waals surface area contributed by atoms with Crippen molar-refractivity contribution in [3.63, 3.8) is 0 Å². The second kappa shape index (κ2) is 2.91. The van der Waals surface area contributed by atoms with Crippen LogP contribution >= 0.6 is 0 Å². The summed E-state index contributed by atoms with van der Waals surface area (Å²) in [5.41, 5.74) is 0.847. The molecule has 0 atom stereocenters. The summed E-state index contributed by atoms with van der Waals surface area (Å²) in [6, 6.07) is 1.87. The Morgan fingerprint density at radius 1 is 1.62 bits per heavy atom. The first kappa shape index (κ1) is 8.35. The van der Waals surface area contributed by atoms with Gasteiger partial charge in [-0.25, -0.2) is 9.97 Å². The number of nitrogens with zero attached hydrogens (tertiary/aromatic N) is 2. The third-order valence-electron chi connectivity index (χ3n) is 2.50. The molecule has 0 aromatic carbocycles. The standard InChI is InChI=1S/C10H12N2O/c1-8-2-5-11-9(12-8)6-10(7-13)3-4-10/h2,5,7H,3-4,6H2,1H3. The van der Waals surface area contributed by atoms with Crippen LogP contribution in [0.4, 0.5) is 0 Å². The van der Waals surface area contributed by atoms with Gasteiger partial charge >= 0.3 is 0 Å². The molecule has 1 aromatic rings. The van der Waals surface area contributed by atoms with E-state index in [2.05, 4.69) is 9.97 Å². The summed E-state index contributed by atoms with van der Waals surface area (Å²) in [5, 5.41) is 0. The van der Waals surface area contributed by atoms with Crippen LogP contribution in [0.5, 0.6) is 0 Å². The number of carbonyl (C=O) groups is 1. The minimum absolute atomic E-state index is 0.117. The van der Waals surface area contributed by atoms with Crippen molar-refractivity contribution >= 4 is 6.29 Å². The Labute approximate surface area is 77.2 Å². The van der Waals surface area contributed by atoms with E-state index in [-0.39, 0.29) is 5.41 Å². The van der Waals surface area contributed by atoms with Crippen molar-refractivity contribution in [1.82, 2.24) is 9.97 Å². The number of carbonyl (C=O) groups excluding carboxylic acids is 1. The van der Waals surface area contributed by atoms with Gasteiger partial charge in [0.2, 0.25) is 0 Å². The zero-order valence-electron chi connectivity index (χ0n) is 7.66. The maximum absolute atomic E-state index is 10.7. The van der Waals surface area contributed by atoms with Gasteiger partial charge in [0.1, 0.15) is 12.1 Å². The molecular weight excluding hydrogens is 164 g/mol. The normalized spacial score (nSPS) is 18.2. The van der Waals surface area contributed by atoms with Gasteiger partial charge in [-0.15, -0.1) is 0 Å². The van der Waals surface area contributed by atoms with E-state index in [0.717, 1.165) is 30.6 Å². The number of hydrogen-bond donors (Lipinski definition) is 0. The molecule has 68 valence electrons. The summed E-state index contributed by atoms with van der Waals surface area (Å²) in [4.78, 5) is 19.1. The van der Waals surface area contributed by atoms with E-state index in [1.165, 1.54) is 0 Å². The van der Waals surface area contributed by atoms with Crippen molar-refractivity contribution in [3.05, 3.63) is 23.8 Å². The molecule has 0 amide bonds. The Balaban J connectivity index is 2.14. The summed E-state index contributed by atoms with van der Waals surface area (Å²) >= 11 is 0. The molecule has 0 spiro atoms. The largest absolute Gasteiger partial charge is 0.303 e. The number of aryl methyl sites for hydroxylation is 1. The minimum Gasteiger partial charge on any atom is -0.303 e. The van der Waals surface area contributed by atoms with Gasteiger partial charge in [-0.05, 0) is 25.8 Å². The third-order valence-corrected chi connectivity index (χ3v) is 2.50. The van der Waals surface area contributed by atoms with E-state index in [1.54, 1.807) is 6.20 Å². The molecule has 1 aromatic heterocycles. The van der Waals surface area contributed by atoms with Crippen LogP contribution in [-0.2, 0) is 11.2 Å². The van der Waals surface area contributed by atoms with Gasteiger partial charge in [0, 0.05) is 23.7 Å². The lowest BCUT2D eigenvalue weighted by molar-refractivity contribution is -0.112. The van der Waals surface area contributed by atoms with Crippen LogP contribution < -0.4 is 0 Å². The van der Waals surface area contributed by atoms with Crippen molar-refractivity contribution in [1.29, 1.82) is 0 Å². The summed E-state index contributed by atoms with van der Waals surface area (Å²) in [6.07, 6.45) is 5.50. The quantitative estimate of drug-likeness (QED) is 0.652. The van der Waals surface area contributed by atoms with Crippen molar-refractivity contribution in [2.24, 2.45) is 5.41 Å². The fraction of sp³-hybridized carbons (Fsp3) is 0.500. The Bertz CT molecular complexity index is 331. The van der Waals surface area contributed by atoms with E-state index < -0.39 is 0 Å². The summed E-state index contributed by atoms with van der Waals surface area (Å²) in [7, 11) is 0. The SMILES string of the molecule is Cc1ccnc(CC2(C=O)CC2)n1. The topological polar surface area (TPSA) is 42.9 Å². The maximum Gasteiger partial charge on any atom is 0.129 e. The number of aromatic nitrogens is 2. The van der Waals surface area contributed by atoms with E-state index in [1.807, 2.05) is 13.0 Å². The van der Waals surface area contributed by atoms with Crippen molar-refractivity contribution in [2.75, 3.05) is 0 Å². The molecule has 13 heavy (non-hydrogen) atoms. The zero-order chi connectivity index (χ0) is 9.31. The molecule has 1 heterocycles. The lowest BCUT2D eigenvalue weighted by atomic mass is 10.0. The van der Waals surface area contributed by atoms with Crippen LogP contribution in [0.2, 0.25) is 0 Å². The van der Waals surface area contributed by atoms with E-state index in [0.29, 0.717) is 6.42 Å². The predicted molar refractivity (Wildman–Crippen MR) is 48.2 cm³/mol. The average molecular weight is 176 g/mol. The monoisotopic (exact) mass is 176 g/mol. The van der Waals surface area contributed by atoms with Gasteiger partial charge < -0.3 is 4.79 Å². The van der Waals surface area contributed by atoms with Crippen LogP contribution in [0.25, 0.3) is 0 Å². The molecule has 0 saturated heterocycles. The molecule has 3 nitrogen and oxygen atoms in total. The molecule has 1 aliphatic carbocycles. The molecule has 0 aliphatic heterocycles. The highest BCUT2D eigenvalue weighted by atomic mass is 16.1. The first-order chi connectivity index (χ1) is 6.24. The summed E-state index contributed by atoms with van der Waals surface area (Å²) in [6.45, 7) is 1.94. The molecule has 0 radical (unpaired) electrons. The highest BCUT2D eigenvalue weighted by molar-refractivity contribution is 5.63. The Kier molecular flexibility index (Phi) is 1.87. The molecule has 0 bridgehead atoms. The molecule has 1 aliphatic rings. The molecule has 3 heteroatoms. The van der Waals surface area contributed by atoms with Gasteiger partial charge in [0.05, 0.1) is 0 Å². The van der Waals surface area contributed by atoms with E-state index in [4.69, 9.17) is 0 Å². The smallest absolute Gasteiger partial charge is 0.129 e. The molecule has 2 rings (SSSR count). The average Bonchev–Trinajstić information content (AvgIpc) is 2.86. The Hall–Kier alpha value is -1.25. The molecule has 1 fully saturated rings. The van der Waals surface area contributed by atoms with Crippen molar-refractivity contribution in [2.45, 2.75) is 26.2 Å². The van der Waals surface area contributed by atoms with Gasteiger partial charge in [-0.3, -0.25) is 0 Å². The van der Waals surface area contributed by atoms with Crippen LogP contribution in [0.3, 0.4) is 0 Å². The van der Waals surface area contributed by atoms with E-state index in [9.17, 15) is 4.79 Å². The highest BCUT2D eigenvalue weighted by Gasteiger charge is 2.43. The van der Waals surface area contributed by atoms with Gasteiger partial charge in [-0.1, -0.05) is 0 Å². The molecular formula is C10H12N2O. The number of aldehydes is 1.